The van der Waals surface area contributed by atoms with Gasteiger partial charge in [0.25, 0.3) is 0 Å². The standard InChI is InChI=1S/C15H13BrFNO2/c1-19-13-6-5-9(7-11(13)17)14-8-18-12-4-2-3-10(16)15(12)20-14/h2-7,14,18H,8H2,1H3. The molecule has 0 saturated heterocycles. The Balaban J connectivity index is 1.90. The Bertz CT molecular complexity index is 648. The van der Waals surface area contributed by atoms with Crippen LogP contribution in [0.5, 0.6) is 11.5 Å². The minimum Gasteiger partial charge on any atom is -0.494 e. The van der Waals surface area contributed by atoms with Gasteiger partial charge in [-0.05, 0) is 45.8 Å². The molecule has 0 radical (unpaired) electrons. The molecule has 1 aliphatic heterocycles. The predicted molar refractivity (Wildman–Crippen MR) is 79.0 cm³/mol. The molecule has 0 aromatic heterocycles. The van der Waals surface area contributed by atoms with E-state index < -0.39 is 0 Å². The highest BCUT2D eigenvalue weighted by atomic mass is 79.9. The summed E-state index contributed by atoms with van der Waals surface area (Å²) in [7, 11) is 1.45. The van der Waals surface area contributed by atoms with Gasteiger partial charge in [0.1, 0.15) is 6.10 Å². The van der Waals surface area contributed by atoms with Crippen LogP contribution in [0.15, 0.2) is 40.9 Å². The number of rotatable bonds is 2. The van der Waals surface area contributed by atoms with Crippen molar-refractivity contribution in [1.82, 2.24) is 0 Å². The third kappa shape index (κ3) is 2.33. The van der Waals surface area contributed by atoms with E-state index in [0.717, 1.165) is 21.5 Å². The van der Waals surface area contributed by atoms with Crippen molar-refractivity contribution in [1.29, 1.82) is 0 Å². The molecule has 0 bridgehead atoms. The maximum absolute atomic E-state index is 13.8. The van der Waals surface area contributed by atoms with Crippen LogP contribution in [0, 0.1) is 5.82 Å². The molecule has 3 nitrogen and oxygen atoms in total. The Hall–Kier alpha value is -1.75. The maximum atomic E-state index is 13.8. The molecule has 0 saturated carbocycles. The fourth-order valence-electron chi connectivity index (χ4n) is 2.22. The van der Waals surface area contributed by atoms with Gasteiger partial charge in [-0.15, -0.1) is 0 Å². The van der Waals surface area contributed by atoms with Gasteiger partial charge < -0.3 is 14.8 Å². The zero-order chi connectivity index (χ0) is 14.1. The number of methoxy groups -OCH3 is 1. The highest BCUT2D eigenvalue weighted by Gasteiger charge is 2.23. The van der Waals surface area contributed by atoms with E-state index in [1.165, 1.54) is 13.2 Å². The summed E-state index contributed by atoms with van der Waals surface area (Å²) >= 11 is 3.46. The summed E-state index contributed by atoms with van der Waals surface area (Å²) in [5.41, 5.74) is 1.71. The lowest BCUT2D eigenvalue weighted by molar-refractivity contribution is 0.208. The molecule has 0 fully saturated rings. The van der Waals surface area contributed by atoms with Crippen LogP contribution in [0.4, 0.5) is 10.1 Å². The second-order valence-electron chi connectivity index (χ2n) is 4.50. The number of nitrogens with one attached hydrogen (secondary N) is 1. The molecule has 2 aromatic rings. The summed E-state index contributed by atoms with van der Waals surface area (Å²) in [5.74, 6) is 0.602. The van der Waals surface area contributed by atoms with E-state index in [-0.39, 0.29) is 17.7 Å². The zero-order valence-corrected chi connectivity index (χ0v) is 12.4. The summed E-state index contributed by atoms with van der Waals surface area (Å²) in [5, 5.41) is 3.29. The van der Waals surface area contributed by atoms with Crippen LogP contribution in [0.2, 0.25) is 0 Å². The zero-order valence-electron chi connectivity index (χ0n) is 10.8. The normalized spacial score (nSPS) is 16.9. The van der Waals surface area contributed by atoms with Gasteiger partial charge in [0.15, 0.2) is 17.3 Å². The summed E-state index contributed by atoms with van der Waals surface area (Å²) < 4.78 is 25.5. The smallest absolute Gasteiger partial charge is 0.165 e. The quantitative estimate of drug-likeness (QED) is 0.893. The number of hydrogen-bond acceptors (Lipinski definition) is 3. The fraction of sp³-hybridized carbons (Fsp3) is 0.200. The van der Waals surface area contributed by atoms with Crippen LogP contribution in [-0.2, 0) is 0 Å². The molecular weight excluding hydrogens is 325 g/mol. The molecule has 0 spiro atoms. The molecule has 5 heteroatoms. The summed E-state index contributed by atoms with van der Waals surface area (Å²) in [4.78, 5) is 0. The van der Waals surface area contributed by atoms with Crippen molar-refractivity contribution in [2.75, 3.05) is 19.0 Å². The van der Waals surface area contributed by atoms with Gasteiger partial charge in [-0.1, -0.05) is 12.1 Å². The minimum absolute atomic E-state index is 0.235. The second kappa shape index (κ2) is 5.32. The van der Waals surface area contributed by atoms with Gasteiger partial charge in [-0.2, -0.15) is 0 Å². The van der Waals surface area contributed by atoms with Crippen LogP contribution in [0.25, 0.3) is 0 Å². The van der Waals surface area contributed by atoms with Crippen LogP contribution < -0.4 is 14.8 Å². The number of hydrogen-bond donors (Lipinski definition) is 1. The average Bonchev–Trinajstić information content (AvgIpc) is 2.47. The fourth-order valence-corrected chi connectivity index (χ4v) is 2.68. The van der Waals surface area contributed by atoms with Crippen molar-refractivity contribution in [3.05, 3.63) is 52.3 Å². The lowest BCUT2D eigenvalue weighted by atomic mass is 10.1. The Morgan fingerprint density at radius 2 is 2.20 bits per heavy atom. The average molecular weight is 338 g/mol. The molecule has 20 heavy (non-hydrogen) atoms. The molecule has 3 rings (SSSR count). The molecule has 0 aliphatic carbocycles. The van der Waals surface area contributed by atoms with E-state index in [1.807, 2.05) is 24.3 Å². The molecule has 0 amide bonds. The molecule has 2 aromatic carbocycles. The van der Waals surface area contributed by atoms with Crippen molar-refractivity contribution >= 4 is 21.6 Å². The summed E-state index contributed by atoms with van der Waals surface area (Å²) in [6, 6.07) is 10.7. The first-order valence-electron chi connectivity index (χ1n) is 6.21. The summed E-state index contributed by atoms with van der Waals surface area (Å²) in [6.07, 6.45) is -0.235. The topological polar surface area (TPSA) is 30.5 Å². The first kappa shape index (κ1) is 13.2. The molecule has 1 aliphatic rings. The molecular formula is C15H13BrFNO2. The predicted octanol–water partition coefficient (Wildman–Crippen LogP) is 4.14. The first-order valence-corrected chi connectivity index (χ1v) is 7.01. The van der Waals surface area contributed by atoms with Crippen LogP contribution in [-0.4, -0.2) is 13.7 Å². The number of anilines is 1. The Labute approximate surface area is 124 Å². The van der Waals surface area contributed by atoms with Gasteiger partial charge in [-0.3, -0.25) is 0 Å². The van der Waals surface area contributed by atoms with Gasteiger partial charge in [0.2, 0.25) is 0 Å². The third-order valence-corrected chi connectivity index (χ3v) is 3.88. The summed E-state index contributed by atoms with van der Waals surface area (Å²) in [6.45, 7) is 0.592. The maximum Gasteiger partial charge on any atom is 0.165 e. The number of para-hydroxylation sites is 1. The molecule has 104 valence electrons. The monoisotopic (exact) mass is 337 g/mol. The molecule has 1 atom stereocenters. The highest BCUT2D eigenvalue weighted by Crippen LogP contribution is 2.40. The number of fused-ring (bicyclic) bond motifs is 1. The lowest BCUT2D eigenvalue weighted by Gasteiger charge is -2.28. The SMILES string of the molecule is COc1ccc(C2CNc3cccc(Br)c3O2)cc1F. The first-order chi connectivity index (χ1) is 9.69. The van der Waals surface area contributed by atoms with E-state index >= 15 is 0 Å². The van der Waals surface area contributed by atoms with Crippen LogP contribution in [0.3, 0.4) is 0 Å². The van der Waals surface area contributed by atoms with E-state index in [1.54, 1.807) is 6.07 Å². The van der Waals surface area contributed by atoms with Gasteiger partial charge in [0, 0.05) is 0 Å². The van der Waals surface area contributed by atoms with Gasteiger partial charge >= 0.3 is 0 Å². The van der Waals surface area contributed by atoms with Gasteiger partial charge in [0.05, 0.1) is 23.8 Å². The minimum atomic E-state index is -0.383. The molecule has 1 N–H and O–H groups in total. The second-order valence-corrected chi connectivity index (χ2v) is 5.35. The van der Waals surface area contributed by atoms with Gasteiger partial charge in [-0.25, -0.2) is 4.39 Å². The van der Waals surface area contributed by atoms with E-state index in [4.69, 9.17) is 9.47 Å². The highest BCUT2D eigenvalue weighted by molar-refractivity contribution is 9.10. The van der Waals surface area contributed by atoms with Crippen LogP contribution in [0.1, 0.15) is 11.7 Å². The third-order valence-electron chi connectivity index (χ3n) is 3.25. The van der Waals surface area contributed by atoms with Crippen molar-refractivity contribution in [3.63, 3.8) is 0 Å². The van der Waals surface area contributed by atoms with Crippen molar-refractivity contribution in [3.8, 4) is 11.5 Å². The number of halogens is 2. The number of benzene rings is 2. The van der Waals surface area contributed by atoms with E-state index in [2.05, 4.69) is 21.2 Å². The number of ether oxygens (including phenoxy) is 2. The van der Waals surface area contributed by atoms with E-state index in [9.17, 15) is 4.39 Å². The Kier molecular flexibility index (Phi) is 3.53. The lowest BCUT2D eigenvalue weighted by Crippen LogP contribution is -2.23. The molecule has 1 unspecified atom stereocenters. The van der Waals surface area contributed by atoms with E-state index in [0.29, 0.717) is 6.54 Å². The molecule has 1 heterocycles. The van der Waals surface area contributed by atoms with Crippen LogP contribution >= 0.6 is 15.9 Å². The Morgan fingerprint density at radius 3 is 2.95 bits per heavy atom. The largest absolute Gasteiger partial charge is 0.494 e. The van der Waals surface area contributed by atoms with Crippen molar-refractivity contribution < 1.29 is 13.9 Å². The van der Waals surface area contributed by atoms with Crippen molar-refractivity contribution in [2.24, 2.45) is 0 Å². The Morgan fingerprint density at radius 1 is 1.35 bits per heavy atom. The van der Waals surface area contributed by atoms with Crippen molar-refractivity contribution in [2.45, 2.75) is 6.10 Å².